The lowest BCUT2D eigenvalue weighted by molar-refractivity contribution is 0.0603. The summed E-state index contributed by atoms with van der Waals surface area (Å²) in [5, 5.41) is 7.38. The SMILES string of the molecule is CCC(C)n1nc(NCCOC)c(C(=O)OC)c1N. The Morgan fingerprint density at radius 1 is 1.53 bits per heavy atom. The maximum Gasteiger partial charge on any atom is 0.345 e. The molecule has 108 valence electrons. The highest BCUT2D eigenvalue weighted by atomic mass is 16.5. The van der Waals surface area contributed by atoms with Crippen LogP contribution in [0.5, 0.6) is 0 Å². The molecule has 19 heavy (non-hydrogen) atoms. The van der Waals surface area contributed by atoms with Crippen molar-refractivity contribution in [1.29, 1.82) is 0 Å². The summed E-state index contributed by atoms with van der Waals surface area (Å²) in [5.41, 5.74) is 6.27. The minimum Gasteiger partial charge on any atom is -0.465 e. The van der Waals surface area contributed by atoms with E-state index in [1.807, 2.05) is 13.8 Å². The van der Waals surface area contributed by atoms with E-state index in [0.717, 1.165) is 6.42 Å². The Morgan fingerprint density at radius 3 is 2.74 bits per heavy atom. The Kier molecular flexibility index (Phi) is 5.62. The molecule has 0 fully saturated rings. The van der Waals surface area contributed by atoms with Crippen LogP contribution in [0.15, 0.2) is 0 Å². The number of methoxy groups -OCH3 is 2. The number of aromatic nitrogens is 2. The minimum atomic E-state index is -0.494. The lowest BCUT2D eigenvalue weighted by Gasteiger charge is -2.10. The van der Waals surface area contributed by atoms with Crippen LogP contribution in [0.25, 0.3) is 0 Å². The normalized spacial score (nSPS) is 12.2. The van der Waals surface area contributed by atoms with E-state index < -0.39 is 5.97 Å². The van der Waals surface area contributed by atoms with Crippen LogP contribution < -0.4 is 11.1 Å². The van der Waals surface area contributed by atoms with Gasteiger partial charge in [-0.25, -0.2) is 9.48 Å². The van der Waals surface area contributed by atoms with Crippen molar-refractivity contribution in [3.63, 3.8) is 0 Å². The third kappa shape index (κ3) is 3.37. The average molecular weight is 270 g/mol. The first kappa shape index (κ1) is 15.3. The van der Waals surface area contributed by atoms with E-state index in [1.54, 1.807) is 11.8 Å². The molecule has 0 spiro atoms. The van der Waals surface area contributed by atoms with E-state index in [2.05, 4.69) is 10.4 Å². The van der Waals surface area contributed by atoms with Crippen LogP contribution >= 0.6 is 0 Å². The van der Waals surface area contributed by atoms with Crippen LogP contribution in [0.2, 0.25) is 0 Å². The van der Waals surface area contributed by atoms with Crippen LogP contribution in [0.1, 0.15) is 36.7 Å². The molecule has 3 N–H and O–H groups in total. The summed E-state index contributed by atoms with van der Waals surface area (Å²) in [7, 11) is 2.93. The second-order valence-electron chi connectivity index (χ2n) is 4.22. The molecule has 0 bridgehead atoms. The molecule has 1 rings (SSSR count). The van der Waals surface area contributed by atoms with Gasteiger partial charge < -0.3 is 20.5 Å². The van der Waals surface area contributed by atoms with Crippen molar-refractivity contribution < 1.29 is 14.3 Å². The fraction of sp³-hybridized carbons (Fsp3) is 0.667. The van der Waals surface area contributed by atoms with Crippen molar-refractivity contribution in [2.45, 2.75) is 26.3 Å². The van der Waals surface area contributed by atoms with E-state index in [0.29, 0.717) is 24.8 Å². The molecule has 0 saturated carbocycles. The lowest BCUT2D eigenvalue weighted by atomic mass is 10.2. The third-order valence-electron chi connectivity index (χ3n) is 2.94. The van der Waals surface area contributed by atoms with Gasteiger partial charge in [-0.1, -0.05) is 6.92 Å². The molecule has 7 heteroatoms. The van der Waals surface area contributed by atoms with Crippen LogP contribution in [-0.4, -0.2) is 43.1 Å². The van der Waals surface area contributed by atoms with E-state index in [4.69, 9.17) is 15.2 Å². The summed E-state index contributed by atoms with van der Waals surface area (Å²) >= 11 is 0. The van der Waals surface area contributed by atoms with Gasteiger partial charge in [0.15, 0.2) is 5.82 Å². The van der Waals surface area contributed by atoms with Gasteiger partial charge in [0.1, 0.15) is 11.4 Å². The van der Waals surface area contributed by atoms with E-state index in [1.165, 1.54) is 7.11 Å². The summed E-state index contributed by atoms with van der Waals surface area (Å²) in [6.07, 6.45) is 0.865. The number of hydrogen-bond acceptors (Lipinski definition) is 6. The topological polar surface area (TPSA) is 91.4 Å². The van der Waals surface area contributed by atoms with Gasteiger partial charge in [0.05, 0.1) is 19.8 Å². The van der Waals surface area contributed by atoms with Crippen LogP contribution in [-0.2, 0) is 9.47 Å². The maximum atomic E-state index is 11.8. The molecular weight excluding hydrogens is 248 g/mol. The quantitative estimate of drug-likeness (QED) is 0.573. The largest absolute Gasteiger partial charge is 0.465 e. The first-order chi connectivity index (χ1) is 9.06. The summed E-state index contributed by atoms with van der Waals surface area (Å²) < 4.78 is 11.3. The summed E-state index contributed by atoms with van der Waals surface area (Å²) in [5.74, 6) is 0.259. The van der Waals surface area contributed by atoms with Gasteiger partial charge in [-0.05, 0) is 13.3 Å². The standard InChI is InChI=1S/C12H22N4O3/c1-5-8(2)16-10(13)9(12(17)19-4)11(15-16)14-6-7-18-3/h8H,5-7,13H2,1-4H3,(H,14,15). The van der Waals surface area contributed by atoms with Gasteiger partial charge in [0, 0.05) is 13.7 Å². The van der Waals surface area contributed by atoms with Crippen LogP contribution in [0.3, 0.4) is 0 Å². The predicted octanol–water partition coefficient (Wildman–Crippen LogP) is 1.28. The van der Waals surface area contributed by atoms with Crippen molar-refractivity contribution >= 4 is 17.6 Å². The molecule has 0 aromatic carbocycles. The van der Waals surface area contributed by atoms with Gasteiger partial charge >= 0.3 is 5.97 Å². The number of rotatable bonds is 7. The van der Waals surface area contributed by atoms with Gasteiger partial charge in [-0.2, -0.15) is 5.10 Å². The number of nitrogen functional groups attached to an aromatic ring is 1. The second-order valence-corrected chi connectivity index (χ2v) is 4.22. The van der Waals surface area contributed by atoms with E-state index >= 15 is 0 Å². The smallest absolute Gasteiger partial charge is 0.345 e. The number of carbonyl (C=O) groups excluding carboxylic acids is 1. The van der Waals surface area contributed by atoms with Gasteiger partial charge in [0.25, 0.3) is 0 Å². The van der Waals surface area contributed by atoms with Crippen LogP contribution in [0.4, 0.5) is 11.6 Å². The first-order valence-electron chi connectivity index (χ1n) is 6.25. The number of esters is 1. The molecule has 7 nitrogen and oxygen atoms in total. The van der Waals surface area contributed by atoms with Crippen LogP contribution in [0, 0.1) is 0 Å². The molecule has 1 heterocycles. The average Bonchev–Trinajstić information content (AvgIpc) is 2.74. The van der Waals surface area contributed by atoms with Crippen molar-refractivity contribution in [2.75, 3.05) is 38.4 Å². The zero-order valence-electron chi connectivity index (χ0n) is 11.9. The highest BCUT2D eigenvalue weighted by Gasteiger charge is 2.24. The van der Waals surface area contributed by atoms with Crippen molar-refractivity contribution in [3.8, 4) is 0 Å². The van der Waals surface area contributed by atoms with E-state index in [9.17, 15) is 4.79 Å². The molecule has 0 aliphatic heterocycles. The highest BCUT2D eigenvalue weighted by Crippen LogP contribution is 2.26. The molecule has 1 atom stereocenters. The molecule has 0 amide bonds. The number of carbonyl (C=O) groups is 1. The molecule has 0 aliphatic carbocycles. The Bertz CT molecular complexity index is 431. The Morgan fingerprint density at radius 2 is 2.21 bits per heavy atom. The molecule has 1 aromatic heterocycles. The first-order valence-corrected chi connectivity index (χ1v) is 6.25. The van der Waals surface area contributed by atoms with Gasteiger partial charge in [0.2, 0.25) is 0 Å². The second kappa shape index (κ2) is 6.98. The summed E-state index contributed by atoms with van der Waals surface area (Å²) in [4.78, 5) is 11.8. The number of hydrogen-bond donors (Lipinski definition) is 2. The molecule has 1 aromatic rings. The fourth-order valence-electron chi connectivity index (χ4n) is 1.65. The molecular formula is C12H22N4O3. The summed E-state index contributed by atoms with van der Waals surface area (Å²) in [6.45, 7) is 5.07. The van der Waals surface area contributed by atoms with Crippen molar-refractivity contribution in [3.05, 3.63) is 5.56 Å². The Balaban J connectivity index is 3.08. The predicted molar refractivity (Wildman–Crippen MR) is 73.3 cm³/mol. The zero-order chi connectivity index (χ0) is 14.4. The van der Waals surface area contributed by atoms with Gasteiger partial charge in [-0.3, -0.25) is 0 Å². The minimum absolute atomic E-state index is 0.112. The molecule has 0 radical (unpaired) electrons. The molecule has 0 aliphatic rings. The van der Waals surface area contributed by atoms with Crippen molar-refractivity contribution in [2.24, 2.45) is 0 Å². The molecule has 1 unspecified atom stereocenters. The molecule has 0 saturated heterocycles. The number of anilines is 2. The number of nitrogens with zero attached hydrogens (tertiary/aromatic N) is 2. The fourth-order valence-corrected chi connectivity index (χ4v) is 1.65. The van der Waals surface area contributed by atoms with Crippen molar-refractivity contribution in [1.82, 2.24) is 9.78 Å². The highest BCUT2D eigenvalue weighted by molar-refractivity contribution is 5.99. The summed E-state index contributed by atoms with van der Waals surface area (Å²) in [6, 6.07) is 0.112. The van der Waals surface area contributed by atoms with Gasteiger partial charge in [-0.15, -0.1) is 0 Å². The maximum absolute atomic E-state index is 11.8. The number of nitrogens with one attached hydrogen (secondary N) is 1. The van der Waals surface area contributed by atoms with E-state index in [-0.39, 0.29) is 11.6 Å². The number of nitrogens with two attached hydrogens (primary N) is 1. The third-order valence-corrected chi connectivity index (χ3v) is 2.94. The Hall–Kier alpha value is -1.76. The zero-order valence-corrected chi connectivity index (χ0v) is 11.9. The Labute approximate surface area is 113 Å². The number of ether oxygens (including phenoxy) is 2. The lowest BCUT2D eigenvalue weighted by Crippen LogP contribution is -2.12. The monoisotopic (exact) mass is 270 g/mol.